The second-order valence-electron chi connectivity index (χ2n) is 3.94. The van der Waals surface area contributed by atoms with Crippen molar-refractivity contribution in [2.75, 3.05) is 13.7 Å². The summed E-state index contributed by atoms with van der Waals surface area (Å²) in [6, 6.07) is 0. The van der Waals surface area contributed by atoms with Crippen LogP contribution in [0.25, 0.3) is 0 Å². The van der Waals surface area contributed by atoms with Crippen molar-refractivity contribution in [3.8, 4) is 0 Å². The fourth-order valence-electron chi connectivity index (χ4n) is 1.95. The van der Waals surface area contributed by atoms with Gasteiger partial charge in [-0.25, -0.2) is 0 Å². The standard InChI is InChI=1S/C12H17NO4/c1-3-12(13-10(14)8-17-2)7-5-4-6-9(12)11(15)16/h4-7,9H,3,8H2,1-2H3,(H,13,14)(H,15,16). The van der Waals surface area contributed by atoms with Crippen LogP contribution in [0, 0.1) is 5.92 Å². The summed E-state index contributed by atoms with van der Waals surface area (Å²) < 4.78 is 4.73. The van der Waals surface area contributed by atoms with Crippen molar-refractivity contribution < 1.29 is 19.4 Å². The molecule has 0 heterocycles. The van der Waals surface area contributed by atoms with Gasteiger partial charge in [0.15, 0.2) is 0 Å². The summed E-state index contributed by atoms with van der Waals surface area (Å²) in [4.78, 5) is 22.8. The molecule has 0 aromatic rings. The second-order valence-corrected chi connectivity index (χ2v) is 3.94. The monoisotopic (exact) mass is 239 g/mol. The number of methoxy groups -OCH3 is 1. The molecule has 0 aliphatic heterocycles. The Bertz CT molecular complexity index is 362. The zero-order valence-electron chi connectivity index (χ0n) is 9.97. The predicted octanol–water partition coefficient (Wildman–Crippen LogP) is 0.725. The van der Waals surface area contributed by atoms with Crippen molar-refractivity contribution in [1.82, 2.24) is 5.32 Å². The first-order valence-electron chi connectivity index (χ1n) is 5.44. The van der Waals surface area contributed by atoms with Crippen LogP contribution < -0.4 is 5.32 Å². The van der Waals surface area contributed by atoms with E-state index in [9.17, 15) is 14.7 Å². The third-order valence-electron chi connectivity index (χ3n) is 2.86. The van der Waals surface area contributed by atoms with Gasteiger partial charge in [-0.15, -0.1) is 0 Å². The van der Waals surface area contributed by atoms with Gasteiger partial charge in [0, 0.05) is 7.11 Å². The minimum Gasteiger partial charge on any atom is -0.481 e. The summed E-state index contributed by atoms with van der Waals surface area (Å²) in [5.74, 6) is -2.02. The first-order chi connectivity index (χ1) is 8.05. The minimum atomic E-state index is -0.954. The first-order valence-corrected chi connectivity index (χ1v) is 5.44. The molecule has 0 saturated carbocycles. The van der Waals surface area contributed by atoms with E-state index in [2.05, 4.69) is 5.32 Å². The van der Waals surface area contributed by atoms with Crippen molar-refractivity contribution in [1.29, 1.82) is 0 Å². The van der Waals surface area contributed by atoms with Crippen LogP contribution >= 0.6 is 0 Å². The van der Waals surface area contributed by atoms with E-state index in [4.69, 9.17) is 4.74 Å². The number of aliphatic carboxylic acids is 1. The Morgan fingerprint density at radius 2 is 2.18 bits per heavy atom. The maximum atomic E-state index is 11.6. The van der Waals surface area contributed by atoms with Gasteiger partial charge in [0.05, 0.1) is 5.54 Å². The van der Waals surface area contributed by atoms with Gasteiger partial charge in [0.1, 0.15) is 12.5 Å². The highest BCUT2D eigenvalue weighted by atomic mass is 16.5. The zero-order valence-corrected chi connectivity index (χ0v) is 9.97. The molecular formula is C12H17NO4. The Morgan fingerprint density at radius 1 is 1.47 bits per heavy atom. The Balaban J connectivity index is 2.92. The van der Waals surface area contributed by atoms with Gasteiger partial charge < -0.3 is 15.2 Å². The molecular weight excluding hydrogens is 222 g/mol. The molecule has 5 nitrogen and oxygen atoms in total. The average Bonchev–Trinajstić information content (AvgIpc) is 2.29. The van der Waals surface area contributed by atoms with E-state index in [0.29, 0.717) is 6.42 Å². The lowest BCUT2D eigenvalue weighted by molar-refractivity contribution is -0.142. The number of carboxylic acid groups (broad SMARTS) is 1. The number of ether oxygens (including phenoxy) is 1. The number of carbonyl (C=O) groups is 2. The van der Waals surface area contributed by atoms with Crippen molar-refractivity contribution >= 4 is 11.9 Å². The largest absolute Gasteiger partial charge is 0.481 e. The lowest BCUT2D eigenvalue weighted by Gasteiger charge is -2.36. The quantitative estimate of drug-likeness (QED) is 0.741. The highest BCUT2D eigenvalue weighted by molar-refractivity contribution is 5.82. The molecule has 0 saturated heterocycles. The molecule has 1 amide bonds. The molecule has 0 aromatic heterocycles. The highest BCUT2D eigenvalue weighted by Gasteiger charge is 2.40. The lowest BCUT2D eigenvalue weighted by atomic mass is 9.78. The van der Waals surface area contributed by atoms with E-state index in [1.807, 2.05) is 6.92 Å². The predicted molar refractivity (Wildman–Crippen MR) is 62.4 cm³/mol. The van der Waals surface area contributed by atoms with E-state index >= 15 is 0 Å². The summed E-state index contributed by atoms with van der Waals surface area (Å²) in [5, 5.41) is 11.9. The Labute approximate surface area is 100 Å². The SMILES string of the molecule is CCC1(NC(=O)COC)C=CC=CC1C(=O)O. The normalized spacial score (nSPS) is 26.8. The van der Waals surface area contributed by atoms with Gasteiger partial charge in [0.2, 0.25) is 5.91 Å². The van der Waals surface area contributed by atoms with Gasteiger partial charge in [-0.2, -0.15) is 0 Å². The molecule has 17 heavy (non-hydrogen) atoms. The number of allylic oxidation sites excluding steroid dienone is 2. The molecule has 1 aliphatic carbocycles. The van der Waals surface area contributed by atoms with Gasteiger partial charge in [0.25, 0.3) is 0 Å². The summed E-state index contributed by atoms with van der Waals surface area (Å²) in [6.07, 6.45) is 7.23. The Hall–Kier alpha value is -1.62. The minimum absolute atomic E-state index is 0.0777. The van der Waals surface area contributed by atoms with Gasteiger partial charge in [-0.1, -0.05) is 31.2 Å². The summed E-state index contributed by atoms with van der Waals surface area (Å²) in [7, 11) is 1.42. The van der Waals surface area contributed by atoms with Crippen molar-refractivity contribution in [3.05, 3.63) is 24.3 Å². The van der Waals surface area contributed by atoms with E-state index in [1.54, 1.807) is 24.3 Å². The molecule has 2 N–H and O–H groups in total. The molecule has 0 fully saturated rings. The molecule has 5 heteroatoms. The third kappa shape index (κ3) is 2.94. The smallest absolute Gasteiger partial charge is 0.313 e. The summed E-state index contributed by atoms with van der Waals surface area (Å²) >= 11 is 0. The second kappa shape index (κ2) is 5.63. The summed E-state index contributed by atoms with van der Waals surface area (Å²) in [6.45, 7) is 1.76. The van der Waals surface area contributed by atoms with E-state index in [-0.39, 0.29) is 12.5 Å². The number of hydrogen-bond acceptors (Lipinski definition) is 3. The zero-order chi connectivity index (χ0) is 12.9. The van der Waals surface area contributed by atoms with Crippen LogP contribution in [-0.2, 0) is 14.3 Å². The maximum Gasteiger partial charge on any atom is 0.313 e. The number of amides is 1. The maximum absolute atomic E-state index is 11.6. The number of carboxylic acids is 1. The Morgan fingerprint density at radius 3 is 2.71 bits per heavy atom. The van der Waals surface area contributed by atoms with Crippen molar-refractivity contribution in [2.45, 2.75) is 18.9 Å². The van der Waals surface area contributed by atoms with Crippen molar-refractivity contribution in [3.63, 3.8) is 0 Å². The fourth-order valence-corrected chi connectivity index (χ4v) is 1.95. The van der Waals surface area contributed by atoms with Crippen LogP contribution in [0.15, 0.2) is 24.3 Å². The number of rotatable bonds is 5. The number of carbonyl (C=O) groups excluding carboxylic acids is 1. The third-order valence-corrected chi connectivity index (χ3v) is 2.86. The van der Waals surface area contributed by atoms with Gasteiger partial charge in [-0.05, 0) is 6.42 Å². The average molecular weight is 239 g/mol. The molecule has 2 unspecified atom stereocenters. The molecule has 94 valence electrons. The molecule has 0 radical (unpaired) electrons. The van der Waals surface area contributed by atoms with E-state index in [0.717, 1.165) is 0 Å². The highest BCUT2D eigenvalue weighted by Crippen LogP contribution is 2.28. The van der Waals surface area contributed by atoms with Crippen LogP contribution in [0.5, 0.6) is 0 Å². The van der Waals surface area contributed by atoms with Gasteiger partial charge >= 0.3 is 5.97 Å². The van der Waals surface area contributed by atoms with E-state index < -0.39 is 17.4 Å². The number of nitrogens with one attached hydrogen (secondary N) is 1. The molecule has 0 bridgehead atoms. The summed E-state index contributed by atoms with van der Waals surface area (Å²) in [5.41, 5.74) is -0.865. The van der Waals surface area contributed by atoms with E-state index in [1.165, 1.54) is 7.11 Å². The number of hydrogen-bond donors (Lipinski definition) is 2. The van der Waals surface area contributed by atoms with Crippen LogP contribution in [0.4, 0.5) is 0 Å². The van der Waals surface area contributed by atoms with Crippen molar-refractivity contribution in [2.24, 2.45) is 5.92 Å². The molecule has 0 aromatic carbocycles. The van der Waals surface area contributed by atoms with Crippen LogP contribution in [0.3, 0.4) is 0 Å². The van der Waals surface area contributed by atoms with Crippen LogP contribution in [-0.4, -0.2) is 36.2 Å². The van der Waals surface area contributed by atoms with Crippen LogP contribution in [0.1, 0.15) is 13.3 Å². The molecule has 2 atom stereocenters. The van der Waals surface area contributed by atoms with Gasteiger partial charge in [-0.3, -0.25) is 9.59 Å². The lowest BCUT2D eigenvalue weighted by Crippen LogP contribution is -2.55. The Kier molecular flexibility index (Phi) is 4.45. The molecule has 0 spiro atoms. The molecule has 1 rings (SSSR count). The first kappa shape index (κ1) is 13.4. The molecule has 1 aliphatic rings. The fraction of sp³-hybridized carbons (Fsp3) is 0.500. The van der Waals surface area contributed by atoms with Crippen LogP contribution in [0.2, 0.25) is 0 Å². The topological polar surface area (TPSA) is 75.6 Å².